The van der Waals surface area contributed by atoms with Crippen LogP contribution in [0.4, 0.5) is 0 Å². The molecule has 0 saturated carbocycles. The lowest BCUT2D eigenvalue weighted by atomic mass is 10.0. The van der Waals surface area contributed by atoms with Crippen LogP contribution in [0.5, 0.6) is 0 Å². The first kappa shape index (κ1) is 9.16. The van der Waals surface area contributed by atoms with Gasteiger partial charge in [0.15, 0.2) is 0 Å². The fraction of sp³-hybridized carbons (Fsp3) is 0.571. The minimum Gasteiger partial charge on any atom is -0.385 e. The van der Waals surface area contributed by atoms with Crippen LogP contribution < -0.4 is 0 Å². The van der Waals surface area contributed by atoms with Crippen LogP contribution in [0, 0.1) is 0 Å². The van der Waals surface area contributed by atoms with Crippen molar-refractivity contribution in [2.75, 3.05) is 0 Å². The Labute approximate surface area is 78.4 Å². The van der Waals surface area contributed by atoms with Crippen LogP contribution in [0.2, 0.25) is 0 Å². The summed E-state index contributed by atoms with van der Waals surface area (Å²) in [5.74, 6) is 0. The van der Waals surface area contributed by atoms with Gasteiger partial charge in [0, 0.05) is 0 Å². The van der Waals surface area contributed by atoms with Crippen LogP contribution in [0.3, 0.4) is 0 Å². The Morgan fingerprint density at radius 1 is 1.82 bits per heavy atom. The summed E-state index contributed by atoms with van der Waals surface area (Å²) in [6.45, 7) is 3.75. The average Bonchev–Trinajstić information content (AvgIpc) is 2.36. The van der Waals surface area contributed by atoms with E-state index in [2.05, 4.69) is 20.9 Å². The molecule has 0 fully saturated rings. The molecule has 1 aromatic heterocycles. The molecule has 0 aliphatic heterocycles. The number of nitrogens with zero attached hydrogens (tertiary/aromatic N) is 1. The molecule has 0 aliphatic rings. The maximum atomic E-state index is 9.80. The van der Waals surface area contributed by atoms with Gasteiger partial charge in [-0.2, -0.15) is 0 Å². The van der Waals surface area contributed by atoms with Crippen molar-refractivity contribution in [3.8, 4) is 0 Å². The summed E-state index contributed by atoms with van der Waals surface area (Å²) in [5, 5.41) is 9.80. The predicted molar refractivity (Wildman–Crippen MR) is 49.7 cm³/mol. The van der Waals surface area contributed by atoms with Crippen LogP contribution in [0.15, 0.2) is 10.1 Å². The zero-order valence-electron chi connectivity index (χ0n) is 6.47. The second kappa shape index (κ2) is 3.21. The molecule has 1 aromatic rings. The number of hydrogen-bond donors (Lipinski definition) is 1. The SMILES string of the molecule is CCC(C)(O)c1scnc1Br. The Kier molecular flexibility index (Phi) is 2.67. The second-order valence-electron chi connectivity index (χ2n) is 2.60. The summed E-state index contributed by atoms with van der Waals surface area (Å²) in [7, 11) is 0. The van der Waals surface area contributed by atoms with Crippen molar-refractivity contribution in [1.29, 1.82) is 0 Å². The van der Waals surface area contributed by atoms with Crippen LogP contribution in [0.25, 0.3) is 0 Å². The molecule has 0 amide bonds. The van der Waals surface area contributed by atoms with Crippen molar-refractivity contribution < 1.29 is 5.11 Å². The van der Waals surface area contributed by atoms with E-state index >= 15 is 0 Å². The highest BCUT2D eigenvalue weighted by atomic mass is 79.9. The molecule has 1 unspecified atom stereocenters. The topological polar surface area (TPSA) is 33.1 Å². The predicted octanol–water partition coefficient (Wildman–Crippen LogP) is 2.52. The van der Waals surface area contributed by atoms with E-state index in [0.717, 1.165) is 9.48 Å². The van der Waals surface area contributed by atoms with E-state index in [-0.39, 0.29) is 0 Å². The van der Waals surface area contributed by atoms with Crippen LogP contribution in [0.1, 0.15) is 25.1 Å². The van der Waals surface area contributed by atoms with Gasteiger partial charge in [-0.25, -0.2) is 4.98 Å². The lowest BCUT2D eigenvalue weighted by Gasteiger charge is -2.19. The Morgan fingerprint density at radius 3 is 2.82 bits per heavy atom. The molecule has 11 heavy (non-hydrogen) atoms. The Balaban J connectivity index is 3.00. The maximum absolute atomic E-state index is 9.80. The van der Waals surface area contributed by atoms with Crippen LogP contribution in [-0.4, -0.2) is 10.1 Å². The first-order valence-corrected chi connectivity index (χ1v) is 5.07. The fourth-order valence-corrected chi connectivity index (χ4v) is 2.50. The minimum atomic E-state index is -0.736. The third kappa shape index (κ3) is 1.80. The van der Waals surface area contributed by atoms with Crippen LogP contribution >= 0.6 is 27.3 Å². The summed E-state index contributed by atoms with van der Waals surface area (Å²) < 4.78 is 0.759. The van der Waals surface area contributed by atoms with Gasteiger partial charge in [-0.1, -0.05) is 6.92 Å². The molecule has 0 bridgehead atoms. The molecular formula is C7H10BrNOS. The van der Waals surface area contributed by atoms with Crippen molar-refractivity contribution in [2.24, 2.45) is 0 Å². The maximum Gasteiger partial charge on any atom is 0.123 e. The van der Waals surface area contributed by atoms with Gasteiger partial charge in [0.25, 0.3) is 0 Å². The van der Waals surface area contributed by atoms with Gasteiger partial charge in [0.05, 0.1) is 16.0 Å². The smallest absolute Gasteiger partial charge is 0.123 e. The molecule has 0 aliphatic carbocycles. The molecule has 0 radical (unpaired) electrons. The third-order valence-corrected chi connectivity index (χ3v) is 3.64. The van der Waals surface area contributed by atoms with Crippen molar-refractivity contribution >= 4 is 27.3 Å². The Morgan fingerprint density at radius 2 is 2.45 bits per heavy atom. The zero-order chi connectivity index (χ0) is 8.48. The highest BCUT2D eigenvalue weighted by molar-refractivity contribution is 9.10. The van der Waals surface area contributed by atoms with E-state index in [1.807, 2.05) is 6.92 Å². The molecule has 1 rings (SSSR count). The molecule has 4 heteroatoms. The standard InChI is InChI=1S/C7H10BrNOS/c1-3-7(2,10)5-6(8)9-4-11-5/h4,10H,3H2,1-2H3. The molecule has 0 aromatic carbocycles. The normalized spacial score (nSPS) is 16.4. The van der Waals surface area contributed by atoms with Gasteiger partial charge in [-0.05, 0) is 29.3 Å². The van der Waals surface area contributed by atoms with Crippen molar-refractivity contribution in [3.63, 3.8) is 0 Å². The van der Waals surface area contributed by atoms with E-state index in [4.69, 9.17) is 0 Å². The van der Waals surface area contributed by atoms with Gasteiger partial charge in [-0.15, -0.1) is 11.3 Å². The van der Waals surface area contributed by atoms with E-state index in [0.29, 0.717) is 6.42 Å². The Hall–Kier alpha value is 0.0700. The average molecular weight is 236 g/mol. The number of rotatable bonds is 2. The lowest BCUT2D eigenvalue weighted by Crippen LogP contribution is -2.18. The van der Waals surface area contributed by atoms with E-state index < -0.39 is 5.60 Å². The molecule has 1 atom stereocenters. The molecular weight excluding hydrogens is 226 g/mol. The Bertz CT molecular complexity index is 246. The van der Waals surface area contributed by atoms with Gasteiger partial charge in [-0.3, -0.25) is 0 Å². The first-order chi connectivity index (χ1) is 5.08. The lowest BCUT2D eigenvalue weighted by molar-refractivity contribution is 0.0560. The van der Waals surface area contributed by atoms with E-state index in [1.54, 1.807) is 12.4 Å². The van der Waals surface area contributed by atoms with Gasteiger partial charge in [0.2, 0.25) is 0 Å². The summed E-state index contributed by atoms with van der Waals surface area (Å²) in [4.78, 5) is 4.91. The molecule has 2 nitrogen and oxygen atoms in total. The number of thiazole rings is 1. The zero-order valence-corrected chi connectivity index (χ0v) is 8.87. The number of hydrogen-bond acceptors (Lipinski definition) is 3. The quantitative estimate of drug-likeness (QED) is 0.855. The molecule has 0 spiro atoms. The minimum absolute atomic E-state index is 0.702. The van der Waals surface area contributed by atoms with E-state index in [9.17, 15) is 5.11 Å². The molecule has 1 N–H and O–H groups in total. The second-order valence-corrected chi connectivity index (χ2v) is 4.21. The third-order valence-electron chi connectivity index (χ3n) is 1.70. The number of halogens is 1. The first-order valence-electron chi connectivity index (χ1n) is 3.39. The summed E-state index contributed by atoms with van der Waals surface area (Å²) in [6.07, 6.45) is 0.702. The van der Waals surface area contributed by atoms with E-state index in [1.165, 1.54) is 11.3 Å². The van der Waals surface area contributed by atoms with Crippen molar-refractivity contribution in [2.45, 2.75) is 25.9 Å². The molecule has 62 valence electrons. The molecule has 1 heterocycles. The summed E-state index contributed by atoms with van der Waals surface area (Å²) in [6, 6.07) is 0. The monoisotopic (exact) mass is 235 g/mol. The summed E-state index contributed by atoms with van der Waals surface area (Å²) in [5.41, 5.74) is 0.990. The van der Waals surface area contributed by atoms with Gasteiger partial charge >= 0.3 is 0 Å². The highest BCUT2D eigenvalue weighted by Gasteiger charge is 2.25. The van der Waals surface area contributed by atoms with Gasteiger partial charge < -0.3 is 5.11 Å². The van der Waals surface area contributed by atoms with Crippen molar-refractivity contribution in [1.82, 2.24) is 4.98 Å². The largest absolute Gasteiger partial charge is 0.385 e. The fourth-order valence-electron chi connectivity index (χ4n) is 0.742. The number of aromatic nitrogens is 1. The van der Waals surface area contributed by atoms with Crippen molar-refractivity contribution in [3.05, 3.63) is 15.0 Å². The number of aliphatic hydroxyl groups is 1. The molecule has 0 saturated heterocycles. The van der Waals surface area contributed by atoms with Gasteiger partial charge in [0.1, 0.15) is 4.60 Å². The van der Waals surface area contributed by atoms with Crippen LogP contribution in [-0.2, 0) is 5.60 Å². The summed E-state index contributed by atoms with van der Waals surface area (Å²) >= 11 is 4.76. The highest BCUT2D eigenvalue weighted by Crippen LogP contribution is 2.33.